The van der Waals surface area contributed by atoms with E-state index in [2.05, 4.69) is 6.92 Å². The second-order valence-electron chi connectivity index (χ2n) is 7.15. The number of ether oxygens (including phenoxy) is 1. The molecule has 0 amide bonds. The summed E-state index contributed by atoms with van der Waals surface area (Å²) < 4.78 is 19.9. The molecule has 0 spiro atoms. The van der Waals surface area contributed by atoms with E-state index >= 15 is 0 Å². The van der Waals surface area contributed by atoms with Gasteiger partial charge in [0.25, 0.3) is 0 Å². The van der Waals surface area contributed by atoms with Crippen LogP contribution in [0.3, 0.4) is 0 Å². The summed E-state index contributed by atoms with van der Waals surface area (Å²) in [7, 11) is -3.16. The molecule has 2 rings (SSSR count). The predicted octanol–water partition coefficient (Wildman–Crippen LogP) is 5.68. The summed E-state index contributed by atoms with van der Waals surface area (Å²) in [5.41, 5.74) is -0.636. The number of benzene rings is 2. The molecule has 2 aromatic carbocycles. The Balaban J connectivity index is 2.33. The van der Waals surface area contributed by atoms with E-state index in [-0.39, 0.29) is 5.97 Å². The minimum absolute atomic E-state index is 0.301. The van der Waals surface area contributed by atoms with Crippen LogP contribution >= 0.6 is 7.14 Å². The molecule has 2 aromatic rings. The molecule has 0 bridgehead atoms. The Morgan fingerprint density at radius 2 is 1.32 bits per heavy atom. The van der Waals surface area contributed by atoms with Crippen LogP contribution in [-0.2, 0) is 14.1 Å². The molecule has 3 nitrogen and oxygen atoms in total. The topological polar surface area (TPSA) is 43.4 Å². The molecule has 0 aliphatic rings. The van der Waals surface area contributed by atoms with Gasteiger partial charge in [-0.15, -0.1) is 0 Å². The SMILES string of the molecule is CCCCCCCCC(C(=O)OCC)P(=O)(c1ccccc1)c1ccccc1. The molecule has 1 atom stereocenters. The molecule has 28 heavy (non-hydrogen) atoms. The van der Waals surface area contributed by atoms with Gasteiger partial charge in [-0.1, -0.05) is 106 Å². The Labute approximate surface area is 169 Å². The lowest BCUT2D eigenvalue weighted by Crippen LogP contribution is -2.33. The molecule has 1 unspecified atom stereocenters. The Morgan fingerprint density at radius 3 is 1.82 bits per heavy atom. The molecule has 4 heteroatoms. The van der Waals surface area contributed by atoms with Crippen molar-refractivity contribution in [1.29, 1.82) is 0 Å². The van der Waals surface area contributed by atoms with E-state index in [1.807, 2.05) is 60.7 Å². The van der Waals surface area contributed by atoms with Crippen molar-refractivity contribution in [2.24, 2.45) is 0 Å². The maximum Gasteiger partial charge on any atom is 0.317 e. The van der Waals surface area contributed by atoms with Crippen LogP contribution in [0, 0.1) is 0 Å². The van der Waals surface area contributed by atoms with Crippen molar-refractivity contribution in [2.45, 2.75) is 64.5 Å². The average Bonchev–Trinajstić information content (AvgIpc) is 2.74. The zero-order chi connectivity index (χ0) is 20.2. The lowest BCUT2D eigenvalue weighted by molar-refractivity contribution is -0.142. The van der Waals surface area contributed by atoms with Gasteiger partial charge in [-0.25, -0.2) is 0 Å². The van der Waals surface area contributed by atoms with Crippen LogP contribution in [-0.4, -0.2) is 18.2 Å². The third-order valence-electron chi connectivity index (χ3n) is 5.11. The number of carbonyl (C=O) groups is 1. The van der Waals surface area contributed by atoms with Crippen molar-refractivity contribution in [3.63, 3.8) is 0 Å². The highest BCUT2D eigenvalue weighted by atomic mass is 31.2. The molecule has 0 aliphatic carbocycles. The maximum absolute atomic E-state index is 14.5. The highest BCUT2D eigenvalue weighted by molar-refractivity contribution is 7.80. The summed E-state index contributed by atoms with van der Waals surface area (Å²) in [5, 5.41) is 1.45. The van der Waals surface area contributed by atoms with Crippen LogP contribution in [0.1, 0.15) is 58.8 Å². The van der Waals surface area contributed by atoms with E-state index in [0.29, 0.717) is 13.0 Å². The first-order chi connectivity index (χ1) is 13.6. The van der Waals surface area contributed by atoms with Crippen LogP contribution in [0.25, 0.3) is 0 Å². The molecule has 0 aliphatic heterocycles. The highest BCUT2D eigenvalue weighted by Crippen LogP contribution is 2.51. The molecule has 0 aromatic heterocycles. The van der Waals surface area contributed by atoms with Gasteiger partial charge >= 0.3 is 5.97 Å². The Morgan fingerprint density at radius 1 is 0.821 bits per heavy atom. The van der Waals surface area contributed by atoms with Gasteiger partial charge in [-0.05, 0) is 13.3 Å². The summed E-state index contributed by atoms with van der Waals surface area (Å²) in [6.45, 7) is 4.30. The van der Waals surface area contributed by atoms with Crippen molar-refractivity contribution in [3.8, 4) is 0 Å². The number of unbranched alkanes of at least 4 members (excludes halogenated alkanes) is 5. The van der Waals surface area contributed by atoms with Gasteiger partial charge in [-0.2, -0.15) is 0 Å². The van der Waals surface area contributed by atoms with E-state index in [1.165, 1.54) is 19.3 Å². The van der Waals surface area contributed by atoms with Gasteiger partial charge in [0.1, 0.15) is 5.66 Å². The second-order valence-corrected chi connectivity index (χ2v) is 10.1. The van der Waals surface area contributed by atoms with Gasteiger partial charge < -0.3 is 9.30 Å². The highest BCUT2D eigenvalue weighted by Gasteiger charge is 2.41. The normalized spacial score (nSPS) is 12.5. The van der Waals surface area contributed by atoms with Gasteiger partial charge in [0, 0.05) is 10.6 Å². The minimum atomic E-state index is -3.16. The number of hydrogen-bond acceptors (Lipinski definition) is 3. The first-order valence-electron chi connectivity index (χ1n) is 10.5. The molecule has 0 saturated heterocycles. The molecule has 0 fully saturated rings. The van der Waals surface area contributed by atoms with Crippen LogP contribution in [0.4, 0.5) is 0 Å². The summed E-state index contributed by atoms with van der Waals surface area (Å²) in [6, 6.07) is 18.9. The van der Waals surface area contributed by atoms with Crippen molar-refractivity contribution < 1.29 is 14.1 Å². The number of esters is 1. The number of hydrogen-bond donors (Lipinski definition) is 0. The van der Waals surface area contributed by atoms with E-state index in [1.54, 1.807) is 6.92 Å². The molecule has 0 radical (unpaired) electrons. The van der Waals surface area contributed by atoms with Gasteiger partial charge in [0.15, 0.2) is 7.14 Å². The zero-order valence-electron chi connectivity index (χ0n) is 17.2. The summed E-state index contributed by atoms with van der Waals surface area (Å²) in [6.07, 6.45) is 7.36. The van der Waals surface area contributed by atoms with Crippen LogP contribution in [0.15, 0.2) is 60.7 Å². The zero-order valence-corrected chi connectivity index (χ0v) is 18.1. The van der Waals surface area contributed by atoms with E-state index in [4.69, 9.17) is 4.74 Å². The number of rotatable bonds is 12. The number of carbonyl (C=O) groups excluding carboxylic acids is 1. The third-order valence-corrected chi connectivity index (χ3v) is 8.59. The molecular formula is C24H33O3P. The smallest absolute Gasteiger partial charge is 0.317 e. The molecule has 0 saturated carbocycles. The standard InChI is InChI=1S/C24H33O3P/c1-3-5-6-7-8-15-20-23(24(25)27-4-2)28(26,21-16-11-9-12-17-21)22-18-13-10-14-19-22/h9-14,16-19,23H,3-8,15,20H2,1-2H3. The first-order valence-corrected chi connectivity index (χ1v) is 12.3. The largest absolute Gasteiger partial charge is 0.465 e. The monoisotopic (exact) mass is 400 g/mol. The van der Waals surface area contributed by atoms with E-state index in [0.717, 1.165) is 29.9 Å². The Hall–Kier alpha value is -1.86. The quantitative estimate of drug-likeness (QED) is 0.261. The fourth-order valence-corrected chi connectivity index (χ4v) is 6.78. The maximum atomic E-state index is 14.5. The van der Waals surface area contributed by atoms with Crippen molar-refractivity contribution >= 4 is 23.7 Å². The Bertz CT molecular complexity index is 699. The predicted molar refractivity (Wildman–Crippen MR) is 118 cm³/mol. The molecule has 0 heterocycles. The van der Waals surface area contributed by atoms with Crippen LogP contribution in [0.5, 0.6) is 0 Å². The fraction of sp³-hybridized carbons (Fsp3) is 0.458. The lowest BCUT2D eigenvalue weighted by atomic mass is 10.1. The van der Waals surface area contributed by atoms with Gasteiger partial charge in [0.2, 0.25) is 0 Å². The van der Waals surface area contributed by atoms with Crippen molar-refractivity contribution in [3.05, 3.63) is 60.7 Å². The van der Waals surface area contributed by atoms with Gasteiger partial charge in [0.05, 0.1) is 6.61 Å². The van der Waals surface area contributed by atoms with Crippen molar-refractivity contribution in [2.75, 3.05) is 6.61 Å². The molecule has 152 valence electrons. The van der Waals surface area contributed by atoms with Crippen molar-refractivity contribution in [1.82, 2.24) is 0 Å². The van der Waals surface area contributed by atoms with E-state index in [9.17, 15) is 9.36 Å². The van der Waals surface area contributed by atoms with E-state index < -0.39 is 12.8 Å². The lowest BCUT2D eigenvalue weighted by Gasteiger charge is -2.27. The van der Waals surface area contributed by atoms with Crippen LogP contribution in [0.2, 0.25) is 0 Å². The summed E-state index contributed by atoms with van der Waals surface area (Å²) in [5.74, 6) is -0.341. The molecule has 0 N–H and O–H groups in total. The minimum Gasteiger partial charge on any atom is -0.465 e. The summed E-state index contributed by atoms with van der Waals surface area (Å²) in [4.78, 5) is 12.9. The third kappa shape index (κ3) is 5.82. The fourth-order valence-electron chi connectivity index (χ4n) is 3.61. The Kier molecular flexibility index (Phi) is 9.50. The average molecular weight is 400 g/mol. The second kappa shape index (κ2) is 11.9. The van der Waals surface area contributed by atoms with Crippen LogP contribution < -0.4 is 10.6 Å². The molecular weight excluding hydrogens is 367 g/mol. The summed E-state index contributed by atoms with van der Waals surface area (Å²) >= 11 is 0. The van der Waals surface area contributed by atoms with Gasteiger partial charge in [-0.3, -0.25) is 4.79 Å². The first kappa shape index (κ1) is 22.4.